The maximum absolute atomic E-state index is 6.27. The maximum atomic E-state index is 6.27. The van der Waals surface area contributed by atoms with E-state index in [2.05, 4.69) is 76.3 Å². The molecular weight excluding hydrogens is 406 g/mol. The fourth-order valence-electron chi connectivity index (χ4n) is 6.19. The van der Waals surface area contributed by atoms with E-state index < -0.39 is 0 Å². The summed E-state index contributed by atoms with van der Waals surface area (Å²) in [6, 6.07) is 20.3. The molecular formula is C28H39N5. The van der Waals surface area contributed by atoms with Crippen molar-refractivity contribution >= 4 is 17.0 Å². The lowest BCUT2D eigenvalue weighted by atomic mass is 9.79. The molecule has 176 valence electrons. The van der Waals surface area contributed by atoms with Crippen LogP contribution < -0.4 is 11.1 Å². The van der Waals surface area contributed by atoms with Crippen LogP contribution in [0.25, 0.3) is 11.0 Å². The Hall–Kier alpha value is -2.37. The topological polar surface area (TPSA) is 59.1 Å². The molecule has 33 heavy (non-hydrogen) atoms. The average Bonchev–Trinajstić information content (AvgIpc) is 3.04. The number of hydrogen-bond acceptors (Lipinski definition) is 4. The van der Waals surface area contributed by atoms with Crippen molar-refractivity contribution in [2.45, 2.75) is 82.5 Å². The lowest BCUT2D eigenvalue weighted by molar-refractivity contribution is 0.0362. The third-order valence-electron chi connectivity index (χ3n) is 8.03. The van der Waals surface area contributed by atoms with E-state index in [0.717, 1.165) is 43.8 Å². The number of fused-ring (bicyclic) bond motifs is 1. The number of piperidine rings is 1. The Morgan fingerprint density at radius 3 is 2.33 bits per heavy atom. The van der Waals surface area contributed by atoms with Crippen molar-refractivity contribution in [1.29, 1.82) is 0 Å². The highest BCUT2D eigenvalue weighted by Crippen LogP contribution is 2.44. The summed E-state index contributed by atoms with van der Waals surface area (Å²) < 4.78 is 2.43. The molecule has 1 aromatic heterocycles. The molecule has 5 rings (SSSR count). The van der Waals surface area contributed by atoms with Crippen LogP contribution in [0, 0.1) is 0 Å². The Morgan fingerprint density at radius 2 is 1.64 bits per heavy atom. The van der Waals surface area contributed by atoms with Crippen LogP contribution >= 0.6 is 0 Å². The molecule has 3 aromatic rings. The summed E-state index contributed by atoms with van der Waals surface area (Å²) in [5.41, 5.74) is 10.3. The molecule has 2 heterocycles. The first-order valence-electron chi connectivity index (χ1n) is 13.0. The summed E-state index contributed by atoms with van der Waals surface area (Å²) in [6.45, 7) is 4.37. The van der Waals surface area contributed by atoms with Crippen LogP contribution in [0.2, 0.25) is 0 Å². The number of nitrogens with zero attached hydrogens (tertiary/aromatic N) is 3. The molecule has 1 atom stereocenters. The highest BCUT2D eigenvalue weighted by atomic mass is 15.3. The van der Waals surface area contributed by atoms with Gasteiger partial charge in [0.25, 0.3) is 0 Å². The van der Waals surface area contributed by atoms with Gasteiger partial charge in [-0.2, -0.15) is 0 Å². The molecule has 1 saturated carbocycles. The molecule has 2 aromatic carbocycles. The number of rotatable bonds is 6. The smallest absolute Gasteiger partial charge is 0.205 e. The van der Waals surface area contributed by atoms with Crippen molar-refractivity contribution in [2.24, 2.45) is 5.73 Å². The fourth-order valence-corrected chi connectivity index (χ4v) is 6.19. The van der Waals surface area contributed by atoms with Gasteiger partial charge in [0.05, 0.1) is 17.2 Å². The number of likely N-dealkylation sites (tertiary alicyclic amines) is 1. The van der Waals surface area contributed by atoms with E-state index in [1.807, 2.05) is 0 Å². The second kappa shape index (κ2) is 9.86. The maximum Gasteiger partial charge on any atom is 0.205 e. The van der Waals surface area contributed by atoms with Crippen molar-refractivity contribution in [3.63, 3.8) is 0 Å². The minimum atomic E-state index is -0.0759. The van der Waals surface area contributed by atoms with Gasteiger partial charge in [-0.05, 0) is 49.8 Å². The third kappa shape index (κ3) is 4.41. The number of para-hydroxylation sites is 2. The van der Waals surface area contributed by atoms with Crippen molar-refractivity contribution in [1.82, 2.24) is 14.5 Å². The molecule has 1 saturated heterocycles. The molecule has 3 N–H and O–H groups in total. The molecule has 5 nitrogen and oxygen atoms in total. The number of nitrogens with two attached hydrogens (primary N) is 1. The summed E-state index contributed by atoms with van der Waals surface area (Å²) in [5.74, 6) is 0.927. The molecule has 1 aliphatic heterocycles. The zero-order valence-electron chi connectivity index (χ0n) is 20.0. The first kappa shape index (κ1) is 22.4. The van der Waals surface area contributed by atoms with E-state index >= 15 is 0 Å². The lowest BCUT2D eigenvalue weighted by Crippen LogP contribution is -2.50. The molecule has 0 radical (unpaired) electrons. The van der Waals surface area contributed by atoms with Gasteiger partial charge in [-0.15, -0.1) is 0 Å². The number of benzene rings is 2. The predicted molar refractivity (Wildman–Crippen MR) is 137 cm³/mol. The SMILES string of the molecule is CCC(N)Nc1nc2ccccc2n1C1CCN(C2(c3ccccc3)CCCCCC2)CC1. The van der Waals surface area contributed by atoms with Crippen LogP contribution in [-0.2, 0) is 5.54 Å². The Morgan fingerprint density at radius 1 is 0.970 bits per heavy atom. The van der Waals surface area contributed by atoms with Crippen molar-refractivity contribution in [3.05, 3.63) is 60.2 Å². The lowest BCUT2D eigenvalue weighted by Gasteiger charge is -2.48. The second-order valence-electron chi connectivity index (χ2n) is 9.98. The molecule has 0 spiro atoms. The minimum absolute atomic E-state index is 0.0759. The summed E-state index contributed by atoms with van der Waals surface area (Å²) in [5, 5.41) is 3.48. The molecule has 0 amide bonds. The molecule has 2 fully saturated rings. The van der Waals surface area contributed by atoms with Gasteiger partial charge in [0.1, 0.15) is 0 Å². The van der Waals surface area contributed by atoms with Crippen LogP contribution in [0.3, 0.4) is 0 Å². The largest absolute Gasteiger partial charge is 0.341 e. The Balaban J connectivity index is 1.42. The van der Waals surface area contributed by atoms with Gasteiger partial charge in [0.2, 0.25) is 5.95 Å². The zero-order chi connectivity index (χ0) is 22.7. The number of aromatic nitrogens is 2. The minimum Gasteiger partial charge on any atom is -0.341 e. The fraction of sp³-hybridized carbons (Fsp3) is 0.536. The number of hydrogen-bond donors (Lipinski definition) is 2. The van der Waals surface area contributed by atoms with E-state index in [1.54, 1.807) is 0 Å². The zero-order valence-corrected chi connectivity index (χ0v) is 20.0. The monoisotopic (exact) mass is 445 g/mol. The summed E-state index contributed by atoms with van der Waals surface area (Å²) in [4.78, 5) is 7.74. The average molecular weight is 446 g/mol. The predicted octanol–water partition coefficient (Wildman–Crippen LogP) is 6.03. The van der Waals surface area contributed by atoms with Gasteiger partial charge in [-0.1, -0.05) is 75.1 Å². The molecule has 1 unspecified atom stereocenters. The number of imidazole rings is 1. The van der Waals surface area contributed by atoms with Crippen molar-refractivity contribution in [2.75, 3.05) is 18.4 Å². The molecule has 0 bridgehead atoms. The molecule has 5 heteroatoms. The highest BCUT2D eigenvalue weighted by Gasteiger charge is 2.40. The van der Waals surface area contributed by atoms with Crippen LogP contribution in [0.5, 0.6) is 0 Å². The highest BCUT2D eigenvalue weighted by molar-refractivity contribution is 5.78. The van der Waals surface area contributed by atoms with Crippen LogP contribution in [0.15, 0.2) is 54.6 Å². The van der Waals surface area contributed by atoms with Gasteiger partial charge in [0, 0.05) is 24.7 Å². The van der Waals surface area contributed by atoms with Crippen LogP contribution in [0.1, 0.15) is 76.3 Å². The number of nitrogens with one attached hydrogen (secondary N) is 1. The molecule has 1 aliphatic carbocycles. The van der Waals surface area contributed by atoms with Gasteiger partial charge < -0.3 is 15.6 Å². The van der Waals surface area contributed by atoms with Gasteiger partial charge in [-0.25, -0.2) is 4.98 Å². The van der Waals surface area contributed by atoms with Crippen molar-refractivity contribution in [3.8, 4) is 0 Å². The Bertz CT molecular complexity index is 1030. The van der Waals surface area contributed by atoms with Gasteiger partial charge in [-0.3, -0.25) is 4.90 Å². The van der Waals surface area contributed by atoms with E-state index in [0.29, 0.717) is 6.04 Å². The van der Waals surface area contributed by atoms with E-state index in [4.69, 9.17) is 10.7 Å². The molecule has 2 aliphatic rings. The quantitative estimate of drug-likeness (QED) is 0.359. The van der Waals surface area contributed by atoms with E-state index in [-0.39, 0.29) is 11.7 Å². The first-order chi connectivity index (χ1) is 16.2. The van der Waals surface area contributed by atoms with Crippen molar-refractivity contribution < 1.29 is 0 Å². The summed E-state index contributed by atoms with van der Waals surface area (Å²) >= 11 is 0. The first-order valence-corrected chi connectivity index (χ1v) is 13.0. The van der Waals surface area contributed by atoms with Crippen LogP contribution in [0.4, 0.5) is 5.95 Å². The van der Waals surface area contributed by atoms with E-state index in [1.165, 1.54) is 49.6 Å². The number of anilines is 1. The summed E-state index contributed by atoms with van der Waals surface area (Å²) in [7, 11) is 0. The Labute approximate surface area is 198 Å². The van der Waals surface area contributed by atoms with Gasteiger partial charge >= 0.3 is 0 Å². The van der Waals surface area contributed by atoms with Crippen LogP contribution in [-0.4, -0.2) is 33.7 Å². The Kier molecular flexibility index (Phi) is 6.70. The second-order valence-corrected chi connectivity index (χ2v) is 9.98. The normalized spacial score (nSPS) is 21.0. The van der Waals surface area contributed by atoms with E-state index in [9.17, 15) is 0 Å². The standard InChI is InChI=1S/C28H39N5/c1-2-26(29)31-27-30-24-14-8-9-15-25(24)33(27)23-16-20-32(21-17-23)28(18-10-3-4-11-19-28)22-12-6-5-7-13-22/h5-9,12-15,23,26H,2-4,10-11,16-21,29H2,1H3,(H,30,31). The van der Waals surface area contributed by atoms with Gasteiger partial charge in [0.15, 0.2) is 0 Å². The summed E-state index contributed by atoms with van der Waals surface area (Å²) in [6.07, 6.45) is 11.1. The third-order valence-corrected chi connectivity index (χ3v) is 8.03.